The largest absolute Gasteiger partial charge is 0.369 e. The Morgan fingerprint density at radius 3 is 2.94 bits per heavy atom. The molecule has 18 heavy (non-hydrogen) atoms. The molecular weight excluding hydrogens is 246 g/mol. The van der Waals surface area contributed by atoms with Gasteiger partial charge in [0.15, 0.2) is 0 Å². The van der Waals surface area contributed by atoms with Crippen LogP contribution in [0.4, 0.5) is 5.69 Å². The molecule has 1 saturated heterocycles. The Kier molecular flexibility index (Phi) is 5.13. The fraction of sp³-hybridized carbons (Fsp3) is 0.615. The summed E-state index contributed by atoms with van der Waals surface area (Å²) in [6, 6.07) is 2.07. The van der Waals surface area contributed by atoms with E-state index in [2.05, 4.69) is 28.2 Å². The summed E-state index contributed by atoms with van der Waals surface area (Å²) in [4.78, 5) is 6.53. The lowest BCUT2D eigenvalue weighted by Crippen LogP contribution is -2.38. The highest BCUT2D eigenvalue weighted by atomic mass is 32.2. The van der Waals surface area contributed by atoms with Gasteiger partial charge in [0.05, 0.1) is 0 Å². The Bertz CT molecular complexity index is 401. The molecule has 1 aromatic rings. The SMILES string of the molecule is CCCNCc1cnccc1N1CCS(=O)CC1. The zero-order valence-electron chi connectivity index (χ0n) is 10.9. The van der Waals surface area contributed by atoms with Crippen molar-refractivity contribution in [3.05, 3.63) is 24.0 Å². The van der Waals surface area contributed by atoms with Crippen molar-refractivity contribution < 1.29 is 4.21 Å². The Balaban J connectivity index is 2.04. The van der Waals surface area contributed by atoms with Gasteiger partial charge in [-0.25, -0.2) is 0 Å². The van der Waals surface area contributed by atoms with Gasteiger partial charge in [-0.05, 0) is 19.0 Å². The minimum Gasteiger partial charge on any atom is -0.369 e. The molecule has 0 unspecified atom stereocenters. The van der Waals surface area contributed by atoms with Crippen LogP contribution in [0.25, 0.3) is 0 Å². The first-order chi connectivity index (χ1) is 8.81. The first-order valence-corrected chi connectivity index (χ1v) is 8.03. The van der Waals surface area contributed by atoms with Crippen molar-refractivity contribution in [3.63, 3.8) is 0 Å². The summed E-state index contributed by atoms with van der Waals surface area (Å²) in [6.45, 7) is 5.82. The van der Waals surface area contributed by atoms with E-state index >= 15 is 0 Å². The maximum absolute atomic E-state index is 11.4. The van der Waals surface area contributed by atoms with Crippen molar-refractivity contribution in [1.29, 1.82) is 0 Å². The molecule has 0 spiro atoms. The van der Waals surface area contributed by atoms with Gasteiger partial charge in [-0.3, -0.25) is 9.19 Å². The molecule has 4 nitrogen and oxygen atoms in total. The molecule has 100 valence electrons. The normalized spacial score (nSPS) is 17.1. The number of anilines is 1. The summed E-state index contributed by atoms with van der Waals surface area (Å²) in [5.41, 5.74) is 2.48. The summed E-state index contributed by atoms with van der Waals surface area (Å²) in [5, 5.41) is 3.41. The summed E-state index contributed by atoms with van der Waals surface area (Å²) in [7, 11) is -0.621. The molecule has 0 bridgehead atoms. The second-order valence-electron chi connectivity index (χ2n) is 4.52. The van der Waals surface area contributed by atoms with Crippen molar-refractivity contribution >= 4 is 16.5 Å². The summed E-state index contributed by atoms with van der Waals surface area (Å²) in [6.07, 6.45) is 4.91. The predicted molar refractivity (Wildman–Crippen MR) is 76.3 cm³/mol. The van der Waals surface area contributed by atoms with Crippen molar-refractivity contribution in [2.75, 3.05) is 36.0 Å². The number of hydrogen-bond acceptors (Lipinski definition) is 4. The maximum Gasteiger partial charge on any atom is 0.0443 e. The van der Waals surface area contributed by atoms with E-state index in [1.165, 1.54) is 11.3 Å². The lowest BCUT2D eigenvalue weighted by Gasteiger charge is -2.30. The Morgan fingerprint density at radius 1 is 1.44 bits per heavy atom. The van der Waals surface area contributed by atoms with Gasteiger partial charge in [-0.2, -0.15) is 0 Å². The fourth-order valence-corrected chi connectivity index (χ4v) is 3.20. The van der Waals surface area contributed by atoms with Gasteiger partial charge in [0, 0.05) is 65.6 Å². The lowest BCUT2D eigenvalue weighted by molar-refractivity contribution is 0.664. The Hall–Kier alpha value is -0.940. The highest BCUT2D eigenvalue weighted by Crippen LogP contribution is 2.20. The van der Waals surface area contributed by atoms with Gasteiger partial charge in [-0.15, -0.1) is 0 Å². The molecular formula is C13H21N3OS. The topological polar surface area (TPSA) is 45.2 Å². The molecule has 0 radical (unpaired) electrons. The van der Waals surface area contributed by atoms with Crippen LogP contribution in [0.2, 0.25) is 0 Å². The van der Waals surface area contributed by atoms with E-state index in [-0.39, 0.29) is 0 Å². The van der Waals surface area contributed by atoms with Crippen LogP contribution in [0.3, 0.4) is 0 Å². The molecule has 2 heterocycles. The maximum atomic E-state index is 11.4. The molecule has 1 aliphatic rings. The van der Waals surface area contributed by atoms with E-state index < -0.39 is 10.8 Å². The van der Waals surface area contributed by atoms with Crippen molar-refractivity contribution in [2.24, 2.45) is 0 Å². The van der Waals surface area contributed by atoms with E-state index in [1.54, 1.807) is 0 Å². The minimum atomic E-state index is -0.621. The molecule has 0 aromatic carbocycles. The van der Waals surface area contributed by atoms with Gasteiger partial charge < -0.3 is 10.2 Å². The van der Waals surface area contributed by atoms with Crippen LogP contribution < -0.4 is 10.2 Å². The number of pyridine rings is 1. The van der Waals surface area contributed by atoms with Crippen LogP contribution >= 0.6 is 0 Å². The molecule has 2 rings (SSSR count). The fourth-order valence-electron chi connectivity index (χ4n) is 2.14. The zero-order valence-corrected chi connectivity index (χ0v) is 11.7. The average Bonchev–Trinajstić information content (AvgIpc) is 2.41. The van der Waals surface area contributed by atoms with Crippen LogP contribution in [-0.2, 0) is 17.3 Å². The van der Waals surface area contributed by atoms with Gasteiger partial charge in [0.25, 0.3) is 0 Å². The molecule has 5 heteroatoms. The highest BCUT2D eigenvalue weighted by molar-refractivity contribution is 7.85. The summed E-state index contributed by atoms with van der Waals surface area (Å²) < 4.78 is 11.4. The van der Waals surface area contributed by atoms with Gasteiger partial charge in [-0.1, -0.05) is 6.92 Å². The smallest absolute Gasteiger partial charge is 0.0443 e. The first kappa shape index (κ1) is 13.5. The molecule has 1 N–H and O–H groups in total. The Labute approximate surface area is 111 Å². The Morgan fingerprint density at radius 2 is 2.22 bits per heavy atom. The number of rotatable bonds is 5. The molecule has 0 atom stereocenters. The lowest BCUT2D eigenvalue weighted by atomic mass is 10.2. The van der Waals surface area contributed by atoms with Crippen molar-refractivity contribution in [3.8, 4) is 0 Å². The second-order valence-corrected chi connectivity index (χ2v) is 6.21. The van der Waals surface area contributed by atoms with E-state index in [0.29, 0.717) is 0 Å². The van der Waals surface area contributed by atoms with Gasteiger partial charge >= 0.3 is 0 Å². The molecule has 1 aliphatic heterocycles. The first-order valence-electron chi connectivity index (χ1n) is 6.54. The molecule has 0 saturated carbocycles. The van der Waals surface area contributed by atoms with E-state index in [0.717, 1.165) is 44.1 Å². The molecule has 1 aromatic heterocycles. The third-order valence-electron chi connectivity index (χ3n) is 3.14. The third-order valence-corrected chi connectivity index (χ3v) is 4.41. The van der Waals surface area contributed by atoms with Crippen molar-refractivity contribution in [1.82, 2.24) is 10.3 Å². The standard InChI is InChI=1S/C13H21N3OS/c1-2-4-14-10-12-11-15-5-3-13(12)16-6-8-18(17)9-7-16/h3,5,11,14H,2,4,6-10H2,1H3. The van der Waals surface area contributed by atoms with Crippen LogP contribution in [0, 0.1) is 0 Å². The minimum absolute atomic E-state index is 0.621. The van der Waals surface area contributed by atoms with E-state index in [4.69, 9.17) is 0 Å². The van der Waals surface area contributed by atoms with E-state index in [9.17, 15) is 4.21 Å². The van der Waals surface area contributed by atoms with Crippen LogP contribution in [0.5, 0.6) is 0 Å². The predicted octanol–water partition coefficient (Wildman–Crippen LogP) is 1.15. The molecule has 0 aliphatic carbocycles. The number of aromatic nitrogens is 1. The zero-order chi connectivity index (χ0) is 12.8. The quantitative estimate of drug-likeness (QED) is 0.813. The van der Waals surface area contributed by atoms with Crippen LogP contribution in [-0.4, -0.2) is 40.3 Å². The summed E-state index contributed by atoms with van der Waals surface area (Å²) >= 11 is 0. The number of nitrogens with zero attached hydrogens (tertiary/aromatic N) is 2. The monoisotopic (exact) mass is 267 g/mol. The molecule has 0 amide bonds. The third kappa shape index (κ3) is 3.53. The number of hydrogen-bond donors (Lipinski definition) is 1. The molecule has 1 fully saturated rings. The van der Waals surface area contributed by atoms with Gasteiger partial charge in [0.1, 0.15) is 0 Å². The van der Waals surface area contributed by atoms with E-state index in [1.807, 2.05) is 12.4 Å². The van der Waals surface area contributed by atoms with Crippen LogP contribution in [0.15, 0.2) is 18.5 Å². The number of nitrogens with one attached hydrogen (secondary N) is 1. The van der Waals surface area contributed by atoms with Crippen molar-refractivity contribution in [2.45, 2.75) is 19.9 Å². The van der Waals surface area contributed by atoms with Crippen LogP contribution in [0.1, 0.15) is 18.9 Å². The second kappa shape index (κ2) is 6.85. The average molecular weight is 267 g/mol. The highest BCUT2D eigenvalue weighted by Gasteiger charge is 2.17. The summed E-state index contributed by atoms with van der Waals surface area (Å²) in [5.74, 6) is 1.56. The van der Waals surface area contributed by atoms with Gasteiger partial charge in [0.2, 0.25) is 0 Å².